The number of benzene rings is 2. The summed E-state index contributed by atoms with van der Waals surface area (Å²) in [5.74, 6) is 4.42. The van der Waals surface area contributed by atoms with E-state index in [0.717, 1.165) is 29.7 Å². The second-order valence-corrected chi connectivity index (χ2v) is 9.05. The van der Waals surface area contributed by atoms with Crippen molar-refractivity contribution >= 4 is 0 Å². The quantitative estimate of drug-likeness (QED) is 0.424. The van der Waals surface area contributed by atoms with E-state index >= 15 is 0 Å². The fourth-order valence-corrected chi connectivity index (χ4v) is 3.82. The summed E-state index contributed by atoms with van der Waals surface area (Å²) >= 11 is 0. The minimum Gasteiger partial charge on any atom is -0.493 e. The van der Waals surface area contributed by atoms with Gasteiger partial charge >= 0.3 is 0 Å². The number of rotatable bonds is 12. The summed E-state index contributed by atoms with van der Waals surface area (Å²) in [6, 6.07) is 7.95. The largest absolute Gasteiger partial charge is 0.493 e. The molecule has 0 spiro atoms. The highest BCUT2D eigenvalue weighted by Crippen LogP contribution is 2.43. The fourth-order valence-electron chi connectivity index (χ4n) is 3.82. The lowest BCUT2D eigenvalue weighted by molar-refractivity contribution is 0.168. The van der Waals surface area contributed by atoms with E-state index in [4.69, 9.17) is 28.4 Å². The van der Waals surface area contributed by atoms with Crippen LogP contribution in [0.1, 0.15) is 38.8 Å². The molecule has 0 amide bonds. The molecule has 6 nitrogen and oxygen atoms in total. The number of hydrogen-bond donors (Lipinski definition) is 0. The third-order valence-corrected chi connectivity index (χ3v) is 5.22. The van der Waals surface area contributed by atoms with Crippen molar-refractivity contribution in [2.24, 2.45) is 11.3 Å². The zero-order valence-electron chi connectivity index (χ0n) is 21.0. The maximum Gasteiger partial charge on any atom is 0.203 e. The lowest BCUT2D eigenvalue weighted by atomic mass is 9.86. The number of methoxy groups -OCH3 is 5. The smallest absolute Gasteiger partial charge is 0.203 e. The van der Waals surface area contributed by atoms with Crippen LogP contribution in [-0.2, 0) is 12.8 Å². The molecule has 0 radical (unpaired) electrons. The summed E-state index contributed by atoms with van der Waals surface area (Å²) < 4.78 is 34.1. The van der Waals surface area contributed by atoms with Crippen LogP contribution >= 0.6 is 0 Å². The van der Waals surface area contributed by atoms with Crippen LogP contribution in [0.5, 0.6) is 34.5 Å². The van der Waals surface area contributed by atoms with Gasteiger partial charge in [-0.05, 0) is 48.1 Å². The minimum absolute atomic E-state index is 0.186. The molecule has 0 atom stereocenters. The van der Waals surface area contributed by atoms with Gasteiger partial charge in [0.25, 0.3) is 0 Å². The van der Waals surface area contributed by atoms with Crippen molar-refractivity contribution in [1.82, 2.24) is 0 Å². The van der Waals surface area contributed by atoms with Crippen molar-refractivity contribution in [3.63, 3.8) is 0 Å². The molecule has 0 saturated heterocycles. The normalized spacial score (nSPS) is 11.3. The van der Waals surface area contributed by atoms with Crippen LogP contribution in [0, 0.1) is 11.3 Å². The Bertz CT molecular complexity index is 863. The molecular formula is C26H38O6. The van der Waals surface area contributed by atoms with Gasteiger partial charge in [0.05, 0.1) is 42.2 Å². The number of hydrogen-bond acceptors (Lipinski definition) is 6. The zero-order chi connectivity index (χ0) is 23.9. The van der Waals surface area contributed by atoms with Crippen molar-refractivity contribution < 1.29 is 28.4 Å². The van der Waals surface area contributed by atoms with Gasteiger partial charge in [-0.2, -0.15) is 0 Å². The van der Waals surface area contributed by atoms with Crippen LogP contribution in [-0.4, -0.2) is 42.2 Å². The zero-order valence-corrected chi connectivity index (χ0v) is 21.0. The predicted octanol–water partition coefficient (Wildman–Crippen LogP) is 5.58. The van der Waals surface area contributed by atoms with Gasteiger partial charge in [0.2, 0.25) is 11.5 Å². The van der Waals surface area contributed by atoms with Gasteiger partial charge in [0.15, 0.2) is 23.0 Å². The van der Waals surface area contributed by atoms with Gasteiger partial charge in [0, 0.05) is 5.41 Å². The van der Waals surface area contributed by atoms with Crippen LogP contribution in [0.4, 0.5) is 0 Å². The van der Waals surface area contributed by atoms with Gasteiger partial charge in [-0.15, -0.1) is 0 Å². The van der Waals surface area contributed by atoms with Crippen molar-refractivity contribution in [2.75, 3.05) is 42.2 Å². The standard InChI is InChI=1S/C26H38O6/c1-17(2)12-19-10-11-20(27-5)25(23(19)30-8)32-16-26(3,4)15-18-13-21(28-6)24(31-9)22(14-18)29-7/h10-11,13-14,17H,12,15-16H2,1-9H3. The molecule has 0 bridgehead atoms. The monoisotopic (exact) mass is 446 g/mol. The Morgan fingerprint density at radius 2 is 1.28 bits per heavy atom. The van der Waals surface area contributed by atoms with Crippen molar-refractivity contribution in [1.29, 1.82) is 0 Å². The Morgan fingerprint density at radius 1 is 0.719 bits per heavy atom. The Balaban J connectivity index is 2.28. The lowest BCUT2D eigenvalue weighted by Gasteiger charge is -2.27. The summed E-state index contributed by atoms with van der Waals surface area (Å²) in [6.07, 6.45) is 1.65. The first-order chi connectivity index (χ1) is 15.2. The Kier molecular flexibility index (Phi) is 8.93. The van der Waals surface area contributed by atoms with E-state index < -0.39 is 0 Å². The third kappa shape index (κ3) is 6.15. The molecule has 2 aromatic carbocycles. The molecule has 0 aliphatic rings. The SMILES string of the molecule is COc1cc(CC(C)(C)COc2c(OC)ccc(CC(C)C)c2OC)cc(OC)c1OC. The van der Waals surface area contributed by atoms with Crippen LogP contribution in [0.15, 0.2) is 24.3 Å². The summed E-state index contributed by atoms with van der Waals surface area (Å²) in [6.45, 7) is 9.16. The molecule has 2 aromatic rings. The molecule has 0 heterocycles. The lowest BCUT2D eigenvalue weighted by Crippen LogP contribution is -2.24. The molecule has 0 aliphatic heterocycles. The minimum atomic E-state index is -0.186. The highest BCUT2D eigenvalue weighted by molar-refractivity contribution is 5.56. The third-order valence-electron chi connectivity index (χ3n) is 5.22. The van der Waals surface area contributed by atoms with Gasteiger partial charge in [-0.3, -0.25) is 0 Å². The summed E-state index contributed by atoms with van der Waals surface area (Å²) in [4.78, 5) is 0. The first-order valence-electron chi connectivity index (χ1n) is 10.8. The molecule has 2 rings (SSSR count). The van der Waals surface area contributed by atoms with Crippen molar-refractivity contribution in [3.05, 3.63) is 35.4 Å². The van der Waals surface area contributed by atoms with Gasteiger partial charge in [-0.1, -0.05) is 33.8 Å². The Labute approximate surface area is 192 Å². The molecule has 178 valence electrons. The number of ether oxygens (including phenoxy) is 6. The first kappa shape index (κ1) is 25.5. The van der Waals surface area contributed by atoms with Crippen LogP contribution < -0.4 is 28.4 Å². The topological polar surface area (TPSA) is 55.4 Å². The molecule has 0 N–H and O–H groups in total. The second kappa shape index (κ2) is 11.2. The Hall–Kier alpha value is -2.76. The maximum atomic E-state index is 6.33. The fraction of sp³-hybridized carbons (Fsp3) is 0.538. The predicted molar refractivity (Wildman–Crippen MR) is 127 cm³/mol. The van der Waals surface area contributed by atoms with Crippen LogP contribution in [0.3, 0.4) is 0 Å². The van der Waals surface area contributed by atoms with E-state index in [1.54, 1.807) is 35.5 Å². The summed E-state index contributed by atoms with van der Waals surface area (Å²) in [5.41, 5.74) is 2.00. The van der Waals surface area contributed by atoms with Crippen LogP contribution in [0.25, 0.3) is 0 Å². The van der Waals surface area contributed by atoms with E-state index in [0.29, 0.717) is 41.3 Å². The molecule has 6 heteroatoms. The molecule has 0 unspecified atom stereocenters. The molecule has 0 aliphatic carbocycles. The average Bonchev–Trinajstić information content (AvgIpc) is 2.76. The Morgan fingerprint density at radius 3 is 1.75 bits per heavy atom. The highest BCUT2D eigenvalue weighted by atomic mass is 16.5. The van der Waals surface area contributed by atoms with E-state index in [-0.39, 0.29) is 5.41 Å². The van der Waals surface area contributed by atoms with Gasteiger partial charge in [0.1, 0.15) is 0 Å². The van der Waals surface area contributed by atoms with Crippen molar-refractivity contribution in [2.45, 2.75) is 40.5 Å². The molecule has 0 fully saturated rings. The van der Waals surface area contributed by atoms with E-state index in [1.807, 2.05) is 24.3 Å². The molecule has 0 saturated carbocycles. The van der Waals surface area contributed by atoms with Crippen molar-refractivity contribution in [3.8, 4) is 34.5 Å². The highest BCUT2D eigenvalue weighted by Gasteiger charge is 2.25. The van der Waals surface area contributed by atoms with Gasteiger partial charge < -0.3 is 28.4 Å². The van der Waals surface area contributed by atoms with Crippen LogP contribution in [0.2, 0.25) is 0 Å². The summed E-state index contributed by atoms with van der Waals surface area (Å²) in [7, 11) is 8.17. The second-order valence-electron chi connectivity index (χ2n) is 9.05. The maximum absolute atomic E-state index is 6.33. The van der Waals surface area contributed by atoms with E-state index in [9.17, 15) is 0 Å². The molecule has 32 heavy (non-hydrogen) atoms. The van der Waals surface area contributed by atoms with Gasteiger partial charge in [-0.25, -0.2) is 0 Å². The molecule has 0 aromatic heterocycles. The average molecular weight is 447 g/mol. The van der Waals surface area contributed by atoms with E-state index in [2.05, 4.69) is 27.7 Å². The summed E-state index contributed by atoms with van der Waals surface area (Å²) in [5, 5.41) is 0. The first-order valence-corrected chi connectivity index (χ1v) is 10.8. The molecular weight excluding hydrogens is 408 g/mol. The van der Waals surface area contributed by atoms with E-state index in [1.165, 1.54) is 0 Å².